The topological polar surface area (TPSA) is 87.1 Å². The Morgan fingerprint density at radius 2 is 1.91 bits per heavy atom. The third-order valence-corrected chi connectivity index (χ3v) is 3.84. The number of halogens is 1. The van der Waals surface area contributed by atoms with Gasteiger partial charge in [-0.3, -0.25) is 4.79 Å². The van der Waals surface area contributed by atoms with E-state index >= 15 is 0 Å². The van der Waals surface area contributed by atoms with Crippen molar-refractivity contribution in [1.82, 2.24) is 20.6 Å². The van der Waals surface area contributed by atoms with Gasteiger partial charge in [0.2, 0.25) is 0 Å². The SMILES string of the molecule is Cl.O=C(NCC1(O)CCNC1)c1ccc(-c2cncnc2)cc1. The molecular formula is C16H19ClN4O2. The van der Waals surface area contributed by atoms with Gasteiger partial charge in [-0.25, -0.2) is 9.97 Å². The fourth-order valence-electron chi connectivity index (χ4n) is 2.49. The zero-order valence-corrected chi connectivity index (χ0v) is 13.3. The number of hydrogen-bond acceptors (Lipinski definition) is 5. The molecule has 1 fully saturated rings. The number of β-amino-alcohol motifs (C(OH)–C–C–N with tert-alkyl or cyclic N) is 1. The molecule has 23 heavy (non-hydrogen) atoms. The Balaban J connectivity index is 0.00000192. The predicted octanol–water partition coefficient (Wildman–Crippen LogP) is 1.02. The summed E-state index contributed by atoms with van der Waals surface area (Å²) in [6.07, 6.45) is 5.59. The summed E-state index contributed by atoms with van der Waals surface area (Å²) in [6, 6.07) is 7.24. The van der Waals surface area contributed by atoms with Crippen LogP contribution in [-0.2, 0) is 0 Å². The van der Waals surface area contributed by atoms with Crippen LogP contribution in [0, 0.1) is 0 Å². The molecule has 7 heteroatoms. The van der Waals surface area contributed by atoms with Gasteiger partial charge in [-0.15, -0.1) is 12.4 Å². The summed E-state index contributed by atoms with van der Waals surface area (Å²) in [5.74, 6) is -0.184. The summed E-state index contributed by atoms with van der Waals surface area (Å²) in [5.41, 5.74) is 1.59. The molecule has 1 aliphatic rings. The lowest BCUT2D eigenvalue weighted by atomic mass is 10.0. The maximum Gasteiger partial charge on any atom is 0.251 e. The minimum atomic E-state index is -0.836. The summed E-state index contributed by atoms with van der Waals surface area (Å²) in [6.45, 7) is 1.55. The smallest absolute Gasteiger partial charge is 0.251 e. The number of nitrogens with zero attached hydrogens (tertiary/aromatic N) is 2. The van der Waals surface area contributed by atoms with Gasteiger partial charge < -0.3 is 15.7 Å². The number of rotatable bonds is 4. The Hall–Kier alpha value is -2.02. The second kappa shape index (κ2) is 7.50. The highest BCUT2D eigenvalue weighted by atomic mass is 35.5. The van der Waals surface area contributed by atoms with Crippen LogP contribution in [0.15, 0.2) is 43.0 Å². The van der Waals surface area contributed by atoms with Crippen LogP contribution in [0.1, 0.15) is 16.8 Å². The number of aliphatic hydroxyl groups is 1. The summed E-state index contributed by atoms with van der Waals surface area (Å²) >= 11 is 0. The molecule has 1 aromatic carbocycles. The Morgan fingerprint density at radius 1 is 1.22 bits per heavy atom. The molecule has 1 atom stereocenters. The fraction of sp³-hybridized carbons (Fsp3) is 0.312. The van der Waals surface area contributed by atoms with E-state index < -0.39 is 5.60 Å². The van der Waals surface area contributed by atoms with Crippen molar-refractivity contribution in [3.8, 4) is 11.1 Å². The summed E-state index contributed by atoms with van der Waals surface area (Å²) in [4.78, 5) is 20.1. The van der Waals surface area contributed by atoms with Crippen LogP contribution in [0.2, 0.25) is 0 Å². The van der Waals surface area contributed by atoms with E-state index in [-0.39, 0.29) is 24.9 Å². The molecule has 1 saturated heterocycles. The average Bonchev–Trinajstić information content (AvgIpc) is 3.01. The van der Waals surface area contributed by atoms with E-state index in [1.54, 1.807) is 24.5 Å². The van der Waals surface area contributed by atoms with Gasteiger partial charge in [0.1, 0.15) is 6.33 Å². The molecule has 0 aliphatic carbocycles. The quantitative estimate of drug-likeness (QED) is 0.777. The highest BCUT2D eigenvalue weighted by Gasteiger charge is 2.31. The first kappa shape index (κ1) is 17.3. The lowest BCUT2D eigenvalue weighted by Crippen LogP contribution is -2.44. The number of carbonyl (C=O) groups excluding carboxylic acids is 1. The molecule has 0 saturated carbocycles. The van der Waals surface area contributed by atoms with Crippen molar-refractivity contribution in [2.24, 2.45) is 0 Å². The number of amides is 1. The number of hydrogen-bond donors (Lipinski definition) is 3. The lowest BCUT2D eigenvalue weighted by Gasteiger charge is -2.21. The second-order valence-corrected chi connectivity index (χ2v) is 5.54. The molecule has 1 unspecified atom stereocenters. The fourth-order valence-corrected chi connectivity index (χ4v) is 2.49. The lowest BCUT2D eigenvalue weighted by molar-refractivity contribution is 0.0562. The molecule has 3 N–H and O–H groups in total. The summed E-state index contributed by atoms with van der Waals surface area (Å²) < 4.78 is 0. The monoisotopic (exact) mass is 334 g/mol. The Kier molecular flexibility index (Phi) is 5.65. The average molecular weight is 335 g/mol. The Morgan fingerprint density at radius 3 is 2.52 bits per heavy atom. The van der Waals surface area contributed by atoms with Crippen molar-refractivity contribution < 1.29 is 9.90 Å². The number of aromatic nitrogens is 2. The zero-order chi connectivity index (χ0) is 15.4. The molecule has 2 aromatic rings. The normalized spacial score (nSPS) is 19.9. The summed E-state index contributed by atoms with van der Waals surface area (Å²) in [5, 5.41) is 16.1. The van der Waals surface area contributed by atoms with Gasteiger partial charge in [0.05, 0.1) is 5.60 Å². The van der Waals surface area contributed by atoms with Crippen LogP contribution in [0.3, 0.4) is 0 Å². The molecule has 122 valence electrons. The molecule has 1 aromatic heterocycles. The van der Waals surface area contributed by atoms with E-state index in [1.807, 2.05) is 12.1 Å². The van der Waals surface area contributed by atoms with Gasteiger partial charge in [-0.05, 0) is 30.7 Å². The van der Waals surface area contributed by atoms with Gasteiger partial charge in [0.15, 0.2) is 0 Å². The Labute approximate surface area is 140 Å². The molecule has 1 aliphatic heterocycles. The van der Waals surface area contributed by atoms with Gasteiger partial charge in [0.25, 0.3) is 5.91 Å². The molecule has 0 radical (unpaired) electrons. The third-order valence-electron chi connectivity index (χ3n) is 3.84. The molecular weight excluding hydrogens is 316 g/mol. The van der Waals surface area contributed by atoms with E-state index in [0.29, 0.717) is 18.5 Å². The van der Waals surface area contributed by atoms with Gasteiger partial charge in [-0.1, -0.05) is 12.1 Å². The van der Waals surface area contributed by atoms with E-state index in [2.05, 4.69) is 20.6 Å². The minimum absolute atomic E-state index is 0. The Bertz CT molecular complexity index is 643. The van der Waals surface area contributed by atoms with E-state index in [0.717, 1.165) is 17.7 Å². The first-order valence-corrected chi connectivity index (χ1v) is 7.23. The molecule has 3 rings (SSSR count). The highest BCUT2D eigenvalue weighted by molar-refractivity contribution is 5.94. The van der Waals surface area contributed by atoms with E-state index in [1.165, 1.54) is 6.33 Å². The highest BCUT2D eigenvalue weighted by Crippen LogP contribution is 2.18. The van der Waals surface area contributed by atoms with Crippen LogP contribution >= 0.6 is 12.4 Å². The molecule has 0 spiro atoms. The number of benzene rings is 1. The molecule has 0 bridgehead atoms. The van der Waals surface area contributed by atoms with Gasteiger partial charge in [0, 0.05) is 36.6 Å². The zero-order valence-electron chi connectivity index (χ0n) is 12.5. The van der Waals surface area contributed by atoms with Crippen molar-refractivity contribution in [1.29, 1.82) is 0 Å². The molecule has 1 amide bonds. The van der Waals surface area contributed by atoms with Gasteiger partial charge in [-0.2, -0.15) is 0 Å². The number of nitrogens with one attached hydrogen (secondary N) is 2. The van der Waals surface area contributed by atoms with Crippen molar-refractivity contribution in [2.45, 2.75) is 12.0 Å². The van der Waals surface area contributed by atoms with Crippen LogP contribution in [-0.4, -0.2) is 46.2 Å². The minimum Gasteiger partial charge on any atom is -0.387 e. The molecule has 2 heterocycles. The van der Waals surface area contributed by atoms with E-state index in [9.17, 15) is 9.90 Å². The van der Waals surface area contributed by atoms with Gasteiger partial charge >= 0.3 is 0 Å². The van der Waals surface area contributed by atoms with Crippen LogP contribution in [0.5, 0.6) is 0 Å². The van der Waals surface area contributed by atoms with Crippen molar-refractivity contribution in [3.63, 3.8) is 0 Å². The standard InChI is InChI=1S/C16H18N4O2.ClH/c21-15(20-10-16(22)5-6-17-9-16)13-3-1-12(2-4-13)14-7-18-11-19-8-14;/h1-4,7-8,11,17,22H,5-6,9-10H2,(H,20,21);1H. The van der Waals surface area contributed by atoms with Crippen LogP contribution < -0.4 is 10.6 Å². The van der Waals surface area contributed by atoms with Crippen LogP contribution in [0.4, 0.5) is 0 Å². The van der Waals surface area contributed by atoms with Crippen LogP contribution in [0.25, 0.3) is 11.1 Å². The van der Waals surface area contributed by atoms with Crippen molar-refractivity contribution in [3.05, 3.63) is 48.5 Å². The van der Waals surface area contributed by atoms with Crippen molar-refractivity contribution >= 4 is 18.3 Å². The number of carbonyl (C=O) groups is 1. The third kappa shape index (κ3) is 4.25. The van der Waals surface area contributed by atoms with E-state index in [4.69, 9.17) is 0 Å². The maximum atomic E-state index is 12.1. The second-order valence-electron chi connectivity index (χ2n) is 5.54. The largest absolute Gasteiger partial charge is 0.387 e. The first-order chi connectivity index (χ1) is 10.7. The maximum absolute atomic E-state index is 12.1. The molecule has 6 nitrogen and oxygen atoms in total. The first-order valence-electron chi connectivity index (χ1n) is 7.23. The summed E-state index contributed by atoms with van der Waals surface area (Å²) in [7, 11) is 0. The predicted molar refractivity (Wildman–Crippen MR) is 89.5 cm³/mol. The van der Waals surface area contributed by atoms with Crippen molar-refractivity contribution in [2.75, 3.05) is 19.6 Å².